The van der Waals surface area contributed by atoms with E-state index in [-0.39, 0.29) is 5.75 Å². The van der Waals surface area contributed by atoms with Crippen LogP contribution in [0.3, 0.4) is 0 Å². The zero-order valence-corrected chi connectivity index (χ0v) is 9.92. The summed E-state index contributed by atoms with van der Waals surface area (Å²) in [5.41, 5.74) is 1.32. The maximum atomic E-state index is 9.35. The van der Waals surface area contributed by atoms with Gasteiger partial charge in [-0.2, -0.15) is 0 Å². The summed E-state index contributed by atoms with van der Waals surface area (Å²) in [5.74, 6) is 0.547. The molecule has 0 atom stereocenters. The molecule has 0 spiro atoms. The van der Waals surface area contributed by atoms with Crippen molar-refractivity contribution in [3.63, 3.8) is 0 Å². The van der Waals surface area contributed by atoms with Gasteiger partial charge in [0.15, 0.2) is 5.82 Å². The molecule has 1 aromatic heterocycles. The highest BCUT2D eigenvalue weighted by Gasteiger charge is 2.09. The quantitative estimate of drug-likeness (QED) is 0.793. The number of aromatic hydroxyl groups is 1. The molecule has 0 aliphatic carbocycles. The lowest BCUT2D eigenvalue weighted by Crippen LogP contribution is -1.93. The molecule has 16 heavy (non-hydrogen) atoms. The van der Waals surface area contributed by atoms with Gasteiger partial charge in [0, 0.05) is 11.1 Å². The summed E-state index contributed by atoms with van der Waals surface area (Å²) in [4.78, 5) is 8.21. The van der Waals surface area contributed by atoms with E-state index in [9.17, 15) is 5.11 Å². The minimum Gasteiger partial charge on any atom is -0.508 e. The number of phenols is 1. The lowest BCUT2D eigenvalue weighted by atomic mass is 10.2. The third-order valence-electron chi connectivity index (χ3n) is 2.13. The van der Waals surface area contributed by atoms with E-state index >= 15 is 0 Å². The normalized spacial score (nSPS) is 10.4. The van der Waals surface area contributed by atoms with E-state index in [1.165, 1.54) is 0 Å². The smallest absolute Gasteiger partial charge is 0.162 e. The molecule has 0 amide bonds. The molecule has 3 nitrogen and oxygen atoms in total. The number of rotatable bonds is 1. The predicted molar refractivity (Wildman–Crippen MR) is 63.9 cm³/mol. The fraction of sp³-hybridized carbons (Fsp3) is 0.0909. The summed E-state index contributed by atoms with van der Waals surface area (Å²) >= 11 is 11.8. The van der Waals surface area contributed by atoms with Crippen LogP contribution in [0.25, 0.3) is 11.4 Å². The minimum absolute atomic E-state index is 0.147. The first-order valence-corrected chi connectivity index (χ1v) is 5.32. The van der Waals surface area contributed by atoms with E-state index in [0.29, 0.717) is 27.3 Å². The van der Waals surface area contributed by atoms with Crippen molar-refractivity contribution in [1.82, 2.24) is 9.97 Å². The van der Waals surface area contributed by atoms with Crippen molar-refractivity contribution < 1.29 is 5.11 Å². The Kier molecular flexibility index (Phi) is 2.99. The van der Waals surface area contributed by atoms with Crippen molar-refractivity contribution >= 4 is 23.2 Å². The molecule has 0 fully saturated rings. The number of hydrogen-bond donors (Lipinski definition) is 1. The topological polar surface area (TPSA) is 46.0 Å². The number of nitrogens with zero attached hydrogens (tertiary/aromatic N) is 2. The largest absolute Gasteiger partial charge is 0.508 e. The maximum absolute atomic E-state index is 9.35. The van der Waals surface area contributed by atoms with Gasteiger partial charge in [-0.15, -0.1) is 0 Å². The molecule has 82 valence electrons. The monoisotopic (exact) mass is 254 g/mol. The first kappa shape index (κ1) is 11.2. The Morgan fingerprint density at radius 3 is 2.31 bits per heavy atom. The van der Waals surface area contributed by atoms with Crippen LogP contribution < -0.4 is 0 Å². The van der Waals surface area contributed by atoms with Crippen molar-refractivity contribution in [1.29, 1.82) is 0 Å². The third-order valence-corrected chi connectivity index (χ3v) is 2.87. The fourth-order valence-electron chi connectivity index (χ4n) is 1.24. The van der Waals surface area contributed by atoms with Crippen LogP contribution in [0.1, 0.15) is 5.56 Å². The van der Waals surface area contributed by atoms with Crippen LogP contribution >= 0.6 is 23.2 Å². The fourth-order valence-corrected chi connectivity index (χ4v) is 1.63. The van der Waals surface area contributed by atoms with Gasteiger partial charge in [-0.05, 0) is 19.1 Å². The summed E-state index contributed by atoms with van der Waals surface area (Å²) in [6, 6.07) is 6.60. The van der Waals surface area contributed by atoms with E-state index in [1.807, 2.05) is 0 Å². The van der Waals surface area contributed by atoms with Crippen LogP contribution in [0.15, 0.2) is 24.3 Å². The van der Waals surface area contributed by atoms with Crippen LogP contribution in [0.2, 0.25) is 10.3 Å². The van der Waals surface area contributed by atoms with E-state index in [4.69, 9.17) is 23.2 Å². The van der Waals surface area contributed by atoms with E-state index in [0.717, 1.165) is 0 Å². The summed E-state index contributed by atoms with van der Waals surface area (Å²) in [6.45, 7) is 1.75. The molecule has 0 bridgehead atoms. The van der Waals surface area contributed by atoms with Gasteiger partial charge >= 0.3 is 0 Å². The third kappa shape index (κ3) is 2.10. The van der Waals surface area contributed by atoms with Crippen LogP contribution in [-0.2, 0) is 0 Å². The lowest BCUT2D eigenvalue weighted by Gasteiger charge is -2.04. The Bertz CT molecular complexity index is 520. The molecular weight excluding hydrogens is 247 g/mol. The van der Waals surface area contributed by atoms with Gasteiger partial charge in [-0.1, -0.05) is 35.3 Å². The lowest BCUT2D eigenvalue weighted by molar-refractivity contribution is 0.475. The highest BCUT2D eigenvalue weighted by Crippen LogP contribution is 2.26. The second kappa shape index (κ2) is 4.28. The molecule has 5 heteroatoms. The summed E-state index contributed by atoms with van der Waals surface area (Å²) in [6.07, 6.45) is 0. The second-order valence-electron chi connectivity index (χ2n) is 3.30. The standard InChI is InChI=1S/C11H8Cl2N2O/c1-6-9(12)14-11(15-10(6)13)7-3-2-4-8(16)5-7/h2-5,16H,1H3. The molecule has 1 N–H and O–H groups in total. The van der Waals surface area contributed by atoms with Crippen LogP contribution in [0, 0.1) is 6.92 Å². The van der Waals surface area contributed by atoms with Crippen LogP contribution in [-0.4, -0.2) is 15.1 Å². The molecule has 2 aromatic rings. The second-order valence-corrected chi connectivity index (χ2v) is 4.02. The highest BCUT2D eigenvalue weighted by molar-refractivity contribution is 6.34. The Balaban J connectivity index is 2.57. The number of benzene rings is 1. The van der Waals surface area contributed by atoms with E-state index < -0.39 is 0 Å². The molecule has 1 heterocycles. The molecule has 0 saturated carbocycles. The molecule has 2 rings (SSSR count). The number of hydrogen-bond acceptors (Lipinski definition) is 3. The van der Waals surface area contributed by atoms with Crippen LogP contribution in [0.4, 0.5) is 0 Å². The molecule has 0 radical (unpaired) electrons. The minimum atomic E-state index is 0.147. The Labute approximate surface area is 103 Å². The van der Waals surface area contributed by atoms with Gasteiger partial charge in [-0.3, -0.25) is 0 Å². The number of phenolic OH excluding ortho intramolecular Hbond substituents is 1. The molecule has 0 aliphatic heterocycles. The van der Waals surface area contributed by atoms with Gasteiger partial charge in [0.1, 0.15) is 16.1 Å². The number of halogens is 2. The molecule has 0 aliphatic rings. The summed E-state index contributed by atoms with van der Waals surface area (Å²) < 4.78 is 0. The summed E-state index contributed by atoms with van der Waals surface area (Å²) in [5, 5.41) is 9.98. The van der Waals surface area contributed by atoms with Crippen molar-refractivity contribution in [3.05, 3.63) is 40.1 Å². The van der Waals surface area contributed by atoms with E-state index in [1.54, 1.807) is 31.2 Å². The van der Waals surface area contributed by atoms with Gasteiger partial charge in [0.25, 0.3) is 0 Å². The molecule has 0 saturated heterocycles. The Morgan fingerprint density at radius 2 is 1.75 bits per heavy atom. The van der Waals surface area contributed by atoms with Gasteiger partial charge in [-0.25, -0.2) is 9.97 Å². The first-order valence-electron chi connectivity index (χ1n) is 4.57. The molecule has 0 unspecified atom stereocenters. The molecule has 1 aromatic carbocycles. The summed E-state index contributed by atoms with van der Waals surface area (Å²) in [7, 11) is 0. The Hall–Kier alpha value is -1.32. The Morgan fingerprint density at radius 1 is 1.12 bits per heavy atom. The van der Waals surface area contributed by atoms with Gasteiger partial charge < -0.3 is 5.11 Å². The maximum Gasteiger partial charge on any atom is 0.162 e. The van der Waals surface area contributed by atoms with Crippen molar-refractivity contribution in [2.24, 2.45) is 0 Å². The zero-order valence-electron chi connectivity index (χ0n) is 8.41. The average Bonchev–Trinajstić information content (AvgIpc) is 2.25. The van der Waals surface area contributed by atoms with E-state index in [2.05, 4.69) is 9.97 Å². The van der Waals surface area contributed by atoms with Crippen molar-refractivity contribution in [2.75, 3.05) is 0 Å². The van der Waals surface area contributed by atoms with Gasteiger partial charge in [0.05, 0.1) is 0 Å². The highest BCUT2D eigenvalue weighted by atomic mass is 35.5. The predicted octanol–water partition coefficient (Wildman–Crippen LogP) is 3.46. The molecular formula is C11H8Cl2N2O. The SMILES string of the molecule is Cc1c(Cl)nc(-c2cccc(O)c2)nc1Cl. The zero-order chi connectivity index (χ0) is 11.7. The van der Waals surface area contributed by atoms with Gasteiger partial charge in [0.2, 0.25) is 0 Å². The van der Waals surface area contributed by atoms with Crippen LogP contribution in [0.5, 0.6) is 5.75 Å². The van der Waals surface area contributed by atoms with Crippen molar-refractivity contribution in [3.8, 4) is 17.1 Å². The first-order chi connectivity index (χ1) is 7.58. The average molecular weight is 255 g/mol. The number of aromatic nitrogens is 2. The van der Waals surface area contributed by atoms with Crippen molar-refractivity contribution in [2.45, 2.75) is 6.92 Å².